The van der Waals surface area contributed by atoms with Gasteiger partial charge in [0, 0.05) is 12.1 Å². The van der Waals surface area contributed by atoms with Crippen LogP contribution in [0, 0.1) is 0 Å². The topological polar surface area (TPSA) is 84.9 Å². The van der Waals surface area contributed by atoms with Crippen LogP contribution in [0.25, 0.3) is 0 Å². The third-order valence-electron chi connectivity index (χ3n) is 4.41. The van der Waals surface area contributed by atoms with Gasteiger partial charge in [0.05, 0.1) is 23.4 Å². The minimum atomic E-state index is -3.67. The van der Waals surface area contributed by atoms with Crippen LogP contribution in [0.2, 0.25) is 5.02 Å². The number of methoxy groups -OCH3 is 1. The molecule has 162 valence electrons. The fraction of sp³-hybridized carbons (Fsp3) is 0.136. The van der Waals surface area contributed by atoms with Crippen molar-refractivity contribution in [1.29, 1.82) is 0 Å². The number of anilines is 2. The molecule has 7 nitrogen and oxygen atoms in total. The molecule has 0 aliphatic rings. The van der Waals surface area contributed by atoms with Gasteiger partial charge in [-0.25, -0.2) is 8.42 Å². The summed E-state index contributed by atoms with van der Waals surface area (Å²) in [6.45, 7) is -0.243. The van der Waals surface area contributed by atoms with Gasteiger partial charge in [-0.3, -0.25) is 9.10 Å². The average molecular weight is 461 g/mol. The van der Waals surface area contributed by atoms with Crippen molar-refractivity contribution in [1.82, 2.24) is 0 Å². The average Bonchev–Trinajstić information content (AvgIpc) is 2.78. The van der Waals surface area contributed by atoms with Crippen molar-refractivity contribution in [3.05, 3.63) is 77.8 Å². The normalized spacial score (nSPS) is 10.9. The molecule has 0 heterocycles. The molecule has 3 aromatic rings. The Bertz CT molecular complexity index is 1150. The van der Waals surface area contributed by atoms with Crippen LogP contribution in [0.3, 0.4) is 0 Å². The highest BCUT2D eigenvalue weighted by Crippen LogP contribution is 2.28. The van der Waals surface area contributed by atoms with Crippen LogP contribution < -0.4 is 19.1 Å². The SMILES string of the molecule is COc1ccc(Cl)cc1NC(=O)COc1ccc(N(C)S(=O)(=O)c2ccccc2)cc1. The zero-order chi connectivity index (χ0) is 22.4. The van der Waals surface area contributed by atoms with Gasteiger partial charge in [0.1, 0.15) is 11.5 Å². The molecule has 3 aromatic carbocycles. The van der Waals surface area contributed by atoms with E-state index in [-0.39, 0.29) is 11.5 Å². The first kappa shape index (κ1) is 22.5. The number of carbonyl (C=O) groups excluding carboxylic acids is 1. The third kappa shape index (κ3) is 5.48. The van der Waals surface area contributed by atoms with Crippen LogP contribution in [-0.4, -0.2) is 35.1 Å². The number of benzene rings is 3. The van der Waals surface area contributed by atoms with E-state index in [1.54, 1.807) is 60.7 Å². The molecule has 1 amide bonds. The number of hydrogen-bond donors (Lipinski definition) is 1. The smallest absolute Gasteiger partial charge is 0.264 e. The molecule has 31 heavy (non-hydrogen) atoms. The number of nitrogens with zero attached hydrogens (tertiary/aromatic N) is 1. The first-order valence-electron chi connectivity index (χ1n) is 9.21. The lowest BCUT2D eigenvalue weighted by molar-refractivity contribution is -0.118. The second kappa shape index (κ2) is 9.72. The molecule has 1 N–H and O–H groups in total. The van der Waals surface area contributed by atoms with E-state index in [2.05, 4.69) is 5.32 Å². The quantitative estimate of drug-likeness (QED) is 0.544. The summed E-state index contributed by atoms with van der Waals surface area (Å²) in [5.74, 6) is 0.501. The molecule has 0 saturated carbocycles. The van der Waals surface area contributed by atoms with Crippen molar-refractivity contribution in [2.24, 2.45) is 0 Å². The van der Waals surface area contributed by atoms with Crippen molar-refractivity contribution in [3.63, 3.8) is 0 Å². The first-order valence-corrected chi connectivity index (χ1v) is 11.0. The Morgan fingerprint density at radius 1 is 1.03 bits per heavy atom. The van der Waals surface area contributed by atoms with Crippen molar-refractivity contribution < 1.29 is 22.7 Å². The maximum atomic E-state index is 12.7. The fourth-order valence-electron chi connectivity index (χ4n) is 2.75. The van der Waals surface area contributed by atoms with E-state index in [0.717, 1.165) is 0 Å². The third-order valence-corrected chi connectivity index (χ3v) is 6.44. The lowest BCUT2D eigenvalue weighted by Crippen LogP contribution is -2.26. The second-order valence-electron chi connectivity index (χ2n) is 6.46. The van der Waals surface area contributed by atoms with E-state index >= 15 is 0 Å². The Morgan fingerprint density at radius 2 is 1.71 bits per heavy atom. The Morgan fingerprint density at radius 3 is 2.35 bits per heavy atom. The zero-order valence-corrected chi connectivity index (χ0v) is 18.5. The van der Waals surface area contributed by atoms with Crippen molar-refractivity contribution >= 4 is 38.9 Å². The van der Waals surface area contributed by atoms with Crippen LogP contribution in [0.4, 0.5) is 11.4 Å². The van der Waals surface area contributed by atoms with Crippen molar-refractivity contribution in [2.45, 2.75) is 4.90 Å². The monoisotopic (exact) mass is 460 g/mol. The molecule has 0 radical (unpaired) electrons. The number of hydrogen-bond acceptors (Lipinski definition) is 5. The Kier molecular flexibility index (Phi) is 7.04. The molecule has 0 spiro atoms. The molecule has 0 aliphatic carbocycles. The van der Waals surface area contributed by atoms with E-state index < -0.39 is 15.9 Å². The summed E-state index contributed by atoms with van der Waals surface area (Å²) in [4.78, 5) is 12.4. The van der Waals surface area contributed by atoms with Gasteiger partial charge in [0.2, 0.25) is 0 Å². The lowest BCUT2D eigenvalue weighted by atomic mass is 10.3. The molecular weight excluding hydrogens is 440 g/mol. The van der Waals surface area contributed by atoms with Gasteiger partial charge in [-0.2, -0.15) is 0 Å². The van der Waals surface area contributed by atoms with Crippen molar-refractivity contribution in [2.75, 3.05) is 30.4 Å². The fourth-order valence-corrected chi connectivity index (χ4v) is 4.14. The van der Waals surface area contributed by atoms with Crippen LogP contribution >= 0.6 is 11.6 Å². The first-order chi connectivity index (χ1) is 14.8. The number of nitrogens with one attached hydrogen (secondary N) is 1. The molecule has 0 fully saturated rings. The zero-order valence-electron chi connectivity index (χ0n) is 16.9. The summed E-state index contributed by atoms with van der Waals surface area (Å²) in [7, 11) is -0.701. The molecule has 9 heteroatoms. The Balaban J connectivity index is 1.62. The highest BCUT2D eigenvalue weighted by atomic mass is 35.5. The summed E-state index contributed by atoms with van der Waals surface area (Å²) in [6.07, 6.45) is 0. The van der Waals surface area contributed by atoms with Crippen LogP contribution in [0.5, 0.6) is 11.5 Å². The summed E-state index contributed by atoms with van der Waals surface area (Å²) in [6, 6.07) is 19.5. The minimum Gasteiger partial charge on any atom is -0.495 e. The van der Waals surface area contributed by atoms with Gasteiger partial charge in [0.25, 0.3) is 15.9 Å². The van der Waals surface area contributed by atoms with Gasteiger partial charge in [-0.1, -0.05) is 29.8 Å². The molecule has 0 saturated heterocycles. The van der Waals surface area contributed by atoms with Crippen LogP contribution in [-0.2, 0) is 14.8 Å². The number of amides is 1. The van der Waals surface area contributed by atoms with Gasteiger partial charge < -0.3 is 14.8 Å². The highest BCUT2D eigenvalue weighted by molar-refractivity contribution is 7.92. The van der Waals surface area contributed by atoms with Crippen LogP contribution in [0.15, 0.2) is 77.7 Å². The summed E-state index contributed by atoms with van der Waals surface area (Å²) >= 11 is 5.96. The van der Waals surface area contributed by atoms with E-state index in [0.29, 0.717) is 27.9 Å². The number of halogens is 1. The van der Waals surface area contributed by atoms with Gasteiger partial charge >= 0.3 is 0 Å². The van der Waals surface area contributed by atoms with Gasteiger partial charge in [-0.15, -0.1) is 0 Å². The number of rotatable bonds is 8. The predicted octanol–water partition coefficient (Wildman–Crippen LogP) is 4.19. The molecule has 0 aromatic heterocycles. The minimum absolute atomic E-state index is 0.200. The van der Waals surface area contributed by atoms with E-state index in [1.165, 1.54) is 30.6 Å². The van der Waals surface area contributed by atoms with E-state index in [4.69, 9.17) is 21.1 Å². The van der Waals surface area contributed by atoms with Gasteiger partial charge in [0.15, 0.2) is 6.61 Å². The predicted molar refractivity (Wildman–Crippen MR) is 121 cm³/mol. The molecular formula is C22H21ClN2O5S. The lowest BCUT2D eigenvalue weighted by Gasteiger charge is -2.19. The highest BCUT2D eigenvalue weighted by Gasteiger charge is 2.20. The molecule has 3 rings (SSSR count). The number of ether oxygens (including phenoxy) is 2. The van der Waals surface area contributed by atoms with Crippen LogP contribution in [0.1, 0.15) is 0 Å². The van der Waals surface area contributed by atoms with Gasteiger partial charge in [-0.05, 0) is 54.6 Å². The molecule has 0 unspecified atom stereocenters. The molecule has 0 bridgehead atoms. The maximum absolute atomic E-state index is 12.7. The summed E-state index contributed by atoms with van der Waals surface area (Å²) < 4.78 is 37.3. The number of carbonyl (C=O) groups is 1. The van der Waals surface area contributed by atoms with E-state index in [1.807, 2.05) is 0 Å². The Hall–Kier alpha value is -3.23. The standard InChI is InChI=1S/C22H21ClN2O5S/c1-25(31(27,28)19-6-4-3-5-7-19)17-9-11-18(12-10-17)30-15-22(26)24-20-14-16(23)8-13-21(20)29-2/h3-14H,15H2,1-2H3,(H,24,26). The summed E-state index contributed by atoms with van der Waals surface area (Å²) in [5, 5.41) is 3.14. The molecule has 0 aliphatic heterocycles. The second-order valence-corrected chi connectivity index (χ2v) is 8.87. The molecule has 0 atom stereocenters. The maximum Gasteiger partial charge on any atom is 0.264 e. The number of sulfonamides is 1. The Labute approximate surface area is 186 Å². The summed E-state index contributed by atoms with van der Waals surface area (Å²) in [5.41, 5.74) is 0.899. The van der Waals surface area contributed by atoms with Crippen molar-refractivity contribution in [3.8, 4) is 11.5 Å². The largest absolute Gasteiger partial charge is 0.495 e. The van der Waals surface area contributed by atoms with E-state index in [9.17, 15) is 13.2 Å².